The van der Waals surface area contributed by atoms with Crippen molar-refractivity contribution in [1.82, 2.24) is 0 Å². The van der Waals surface area contributed by atoms with E-state index >= 15 is 0 Å². The molecular formula is C17H15ClF3NO. The molecule has 1 amide bonds. The number of halogens is 4. The molecule has 0 aliphatic rings. The molecule has 0 unspecified atom stereocenters. The Morgan fingerprint density at radius 2 is 1.70 bits per heavy atom. The highest BCUT2D eigenvalue weighted by atomic mass is 35.5. The normalized spacial score (nSPS) is 11.6. The van der Waals surface area contributed by atoms with Crippen molar-refractivity contribution in [3.05, 3.63) is 64.2 Å². The van der Waals surface area contributed by atoms with Crippen LogP contribution in [0.5, 0.6) is 0 Å². The number of carbonyl (C=O) groups excluding carboxylic acids is 1. The lowest BCUT2D eigenvalue weighted by Gasteiger charge is -2.14. The third-order valence-corrected chi connectivity index (χ3v) is 3.61. The lowest BCUT2D eigenvalue weighted by atomic mass is 10.0. The Kier molecular flexibility index (Phi) is 5.00. The van der Waals surface area contributed by atoms with E-state index in [2.05, 4.69) is 5.32 Å². The van der Waals surface area contributed by atoms with Crippen molar-refractivity contribution in [2.24, 2.45) is 0 Å². The molecule has 122 valence electrons. The first-order valence-corrected chi connectivity index (χ1v) is 7.34. The number of hydrogen-bond acceptors (Lipinski definition) is 1. The summed E-state index contributed by atoms with van der Waals surface area (Å²) in [5, 5.41) is 2.25. The van der Waals surface area contributed by atoms with Crippen LogP contribution in [0.2, 0.25) is 5.02 Å². The third-order valence-electron chi connectivity index (χ3n) is 3.37. The van der Waals surface area contributed by atoms with Crippen LogP contribution in [0.25, 0.3) is 0 Å². The average molecular weight is 342 g/mol. The van der Waals surface area contributed by atoms with Gasteiger partial charge in [-0.1, -0.05) is 37.6 Å². The van der Waals surface area contributed by atoms with E-state index in [1.54, 1.807) is 24.3 Å². The molecule has 23 heavy (non-hydrogen) atoms. The van der Waals surface area contributed by atoms with E-state index in [1.807, 2.05) is 13.8 Å². The first-order chi connectivity index (χ1) is 10.7. The second kappa shape index (κ2) is 6.62. The molecule has 1 N–H and O–H groups in total. The standard InChI is InChI=1S/C17H15ClF3NO/c1-10(2)11-3-5-12(6-4-11)16(23)22-15-8-7-13(18)9-14(15)17(19,20)21/h3-10H,1-2H3,(H,22,23). The Balaban J connectivity index is 2.27. The van der Waals surface area contributed by atoms with Crippen LogP contribution >= 0.6 is 11.6 Å². The predicted molar refractivity (Wildman–Crippen MR) is 84.9 cm³/mol. The SMILES string of the molecule is CC(C)c1ccc(C(=O)Nc2ccc(Cl)cc2C(F)(F)F)cc1. The summed E-state index contributed by atoms with van der Waals surface area (Å²) in [6.07, 6.45) is -4.60. The van der Waals surface area contributed by atoms with Gasteiger partial charge in [0.2, 0.25) is 0 Å². The van der Waals surface area contributed by atoms with Crippen LogP contribution in [0.4, 0.5) is 18.9 Å². The summed E-state index contributed by atoms with van der Waals surface area (Å²) in [5.74, 6) is -0.298. The van der Waals surface area contributed by atoms with Gasteiger partial charge in [0.15, 0.2) is 0 Å². The molecule has 0 bridgehead atoms. The van der Waals surface area contributed by atoms with Crippen LogP contribution in [0.3, 0.4) is 0 Å². The molecule has 2 aromatic rings. The molecule has 0 aromatic heterocycles. The number of hydrogen-bond donors (Lipinski definition) is 1. The number of carbonyl (C=O) groups is 1. The largest absolute Gasteiger partial charge is 0.418 e. The van der Waals surface area contributed by atoms with Gasteiger partial charge >= 0.3 is 6.18 Å². The third kappa shape index (κ3) is 4.26. The minimum Gasteiger partial charge on any atom is -0.321 e. The minimum atomic E-state index is -4.60. The highest BCUT2D eigenvalue weighted by Crippen LogP contribution is 2.36. The summed E-state index contributed by atoms with van der Waals surface area (Å²) in [6, 6.07) is 9.98. The van der Waals surface area contributed by atoms with Gasteiger partial charge in [-0.2, -0.15) is 13.2 Å². The first kappa shape index (κ1) is 17.3. The topological polar surface area (TPSA) is 29.1 Å². The van der Waals surface area contributed by atoms with Gasteiger partial charge in [0, 0.05) is 10.6 Å². The van der Waals surface area contributed by atoms with E-state index < -0.39 is 17.6 Å². The van der Waals surface area contributed by atoms with Gasteiger partial charge < -0.3 is 5.32 Å². The van der Waals surface area contributed by atoms with Gasteiger partial charge in [-0.25, -0.2) is 0 Å². The van der Waals surface area contributed by atoms with E-state index in [0.29, 0.717) is 5.92 Å². The van der Waals surface area contributed by atoms with Gasteiger partial charge in [0.05, 0.1) is 11.3 Å². The second-order valence-corrected chi connectivity index (χ2v) is 5.85. The Labute approximate surface area is 137 Å². The molecule has 0 aliphatic heterocycles. The molecule has 0 atom stereocenters. The molecule has 0 saturated heterocycles. The lowest BCUT2D eigenvalue weighted by molar-refractivity contribution is -0.136. The predicted octanol–water partition coefficient (Wildman–Crippen LogP) is 5.73. The molecule has 0 heterocycles. The molecule has 0 radical (unpaired) electrons. The number of rotatable bonds is 3. The Bertz CT molecular complexity index is 709. The van der Waals surface area contributed by atoms with Crippen molar-refractivity contribution < 1.29 is 18.0 Å². The van der Waals surface area contributed by atoms with Crippen molar-refractivity contribution in [3.63, 3.8) is 0 Å². The molecule has 6 heteroatoms. The van der Waals surface area contributed by atoms with Crippen molar-refractivity contribution in [2.75, 3.05) is 5.32 Å². The summed E-state index contributed by atoms with van der Waals surface area (Å²) in [6.45, 7) is 4.02. The monoisotopic (exact) mass is 341 g/mol. The van der Waals surface area contributed by atoms with Crippen LogP contribution in [0.1, 0.15) is 41.3 Å². The van der Waals surface area contributed by atoms with Crippen molar-refractivity contribution in [2.45, 2.75) is 25.9 Å². The summed E-state index contributed by atoms with van der Waals surface area (Å²) in [7, 11) is 0. The molecule has 0 fully saturated rings. The maximum Gasteiger partial charge on any atom is 0.418 e. The zero-order chi connectivity index (χ0) is 17.2. The molecule has 2 aromatic carbocycles. The highest BCUT2D eigenvalue weighted by Gasteiger charge is 2.34. The van der Waals surface area contributed by atoms with Crippen LogP contribution in [0.15, 0.2) is 42.5 Å². The van der Waals surface area contributed by atoms with E-state index in [1.165, 1.54) is 6.07 Å². The summed E-state index contributed by atoms with van der Waals surface area (Å²) < 4.78 is 39.0. The molecular weight excluding hydrogens is 327 g/mol. The van der Waals surface area contributed by atoms with Crippen LogP contribution < -0.4 is 5.32 Å². The molecule has 0 saturated carbocycles. The highest BCUT2D eigenvalue weighted by molar-refractivity contribution is 6.30. The molecule has 2 nitrogen and oxygen atoms in total. The second-order valence-electron chi connectivity index (χ2n) is 5.42. The number of nitrogens with one attached hydrogen (secondary N) is 1. The fraction of sp³-hybridized carbons (Fsp3) is 0.235. The van der Waals surface area contributed by atoms with Gasteiger partial charge in [-0.15, -0.1) is 0 Å². The Morgan fingerprint density at radius 3 is 2.22 bits per heavy atom. The summed E-state index contributed by atoms with van der Waals surface area (Å²) in [4.78, 5) is 12.1. The van der Waals surface area contributed by atoms with Gasteiger partial charge in [0.1, 0.15) is 0 Å². The Morgan fingerprint density at radius 1 is 1.09 bits per heavy atom. The van der Waals surface area contributed by atoms with Crippen LogP contribution in [-0.4, -0.2) is 5.91 Å². The molecule has 2 rings (SSSR count). The maximum absolute atomic E-state index is 13.0. The lowest BCUT2D eigenvalue weighted by Crippen LogP contribution is -2.16. The fourth-order valence-electron chi connectivity index (χ4n) is 2.07. The summed E-state index contributed by atoms with van der Waals surface area (Å²) in [5.41, 5.74) is 0.0403. The zero-order valence-electron chi connectivity index (χ0n) is 12.5. The zero-order valence-corrected chi connectivity index (χ0v) is 13.3. The number of anilines is 1. The average Bonchev–Trinajstić information content (AvgIpc) is 2.48. The quantitative estimate of drug-likeness (QED) is 0.758. The fourth-order valence-corrected chi connectivity index (χ4v) is 2.25. The van der Waals surface area contributed by atoms with Crippen molar-refractivity contribution in [1.29, 1.82) is 0 Å². The summed E-state index contributed by atoms with van der Waals surface area (Å²) >= 11 is 5.61. The van der Waals surface area contributed by atoms with E-state index in [0.717, 1.165) is 17.7 Å². The number of benzene rings is 2. The molecule has 0 spiro atoms. The minimum absolute atomic E-state index is 0.0448. The van der Waals surface area contributed by atoms with E-state index in [-0.39, 0.29) is 16.3 Å². The van der Waals surface area contributed by atoms with Gasteiger partial charge in [-0.3, -0.25) is 4.79 Å². The van der Waals surface area contributed by atoms with E-state index in [4.69, 9.17) is 11.6 Å². The molecule has 0 aliphatic carbocycles. The van der Waals surface area contributed by atoms with Gasteiger partial charge in [0.25, 0.3) is 5.91 Å². The maximum atomic E-state index is 13.0. The van der Waals surface area contributed by atoms with Crippen LogP contribution in [0, 0.1) is 0 Å². The smallest absolute Gasteiger partial charge is 0.321 e. The number of alkyl halides is 3. The number of amides is 1. The van der Waals surface area contributed by atoms with Crippen molar-refractivity contribution >= 4 is 23.2 Å². The Hall–Kier alpha value is -2.01. The first-order valence-electron chi connectivity index (χ1n) is 6.96. The van der Waals surface area contributed by atoms with E-state index in [9.17, 15) is 18.0 Å². The van der Waals surface area contributed by atoms with Crippen molar-refractivity contribution in [3.8, 4) is 0 Å². The van der Waals surface area contributed by atoms with Gasteiger partial charge in [-0.05, 0) is 41.8 Å². The van der Waals surface area contributed by atoms with Crippen LogP contribution in [-0.2, 0) is 6.18 Å².